The number of nitriles is 2. The molecule has 0 N–H and O–H groups in total. The van der Waals surface area contributed by atoms with E-state index < -0.39 is 0 Å². The molecule has 0 fully saturated rings. The molecule has 0 saturated heterocycles. The van der Waals surface area contributed by atoms with Crippen LogP contribution in [-0.4, -0.2) is 13.7 Å². The molecule has 0 amide bonds. The maximum Gasteiger partial charge on any atom is 0.101 e. The second-order valence-corrected chi connectivity index (χ2v) is 14.0. The van der Waals surface area contributed by atoms with Gasteiger partial charge < -0.3 is 13.7 Å². The zero-order valence-electron chi connectivity index (χ0n) is 29.5. The van der Waals surface area contributed by atoms with Crippen molar-refractivity contribution >= 4 is 65.4 Å². The predicted molar refractivity (Wildman–Crippen MR) is 224 cm³/mol. The number of benzene rings is 8. The van der Waals surface area contributed by atoms with E-state index in [4.69, 9.17) is 0 Å². The number of aromatic nitrogens is 3. The number of hydrogen-bond donors (Lipinski definition) is 0. The van der Waals surface area contributed by atoms with Crippen molar-refractivity contribution < 1.29 is 0 Å². The molecule has 55 heavy (non-hydrogen) atoms. The third-order valence-electron chi connectivity index (χ3n) is 11.1. The van der Waals surface area contributed by atoms with Crippen LogP contribution in [0.2, 0.25) is 0 Å². The molecule has 254 valence electrons. The molecule has 0 aliphatic heterocycles. The topological polar surface area (TPSA) is 62.4 Å². The lowest BCUT2D eigenvalue weighted by Gasteiger charge is -2.17. The Balaban J connectivity index is 1.18. The van der Waals surface area contributed by atoms with Gasteiger partial charge in [0.1, 0.15) is 6.07 Å². The van der Waals surface area contributed by atoms with E-state index in [1.165, 1.54) is 21.5 Å². The van der Waals surface area contributed by atoms with E-state index in [1.807, 2.05) is 30.3 Å². The maximum absolute atomic E-state index is 10.7. The fourth-order valence-corrected chi connectivity index (χ4v) is 8.83. The molecular weight excluding hydrogens is 671 g/mol. The fraction of sp³-hybridized carbons (Fsp3) is 0. The van der Waals surface area contributed by atoms with Crippen LogP contribution in [0.15, 0.2) is 176 Å². The van der Waals surface area contributed by atoms with Crippen molar-refractivity contribution in [1.29, 1.82) is 10.5 Å². The first kappa shape index (κ1) is 30.7. The maximum atomic E-state index is 10.7. The van der Waals surface area contributed by atoms with Gasteiger partial charge in [-0.25, -0.2) is 0 Å². The Morgan fingerprint density at radius 3 is 1.49 bits per heavy atom. The Labute approximate surface area is 316 Å². The van der Waals surface area contributed by atoms with Crippen LogP contribution in [0.5, 0.6) is 0 Å². The first-order valence-electron chi connectivity index (χ1n) is 18.3. The summed E-state index contributed by atoms with van der Waals surface area (Å²) in [6.07, 6.45) is 0. The Morgan fingerprint density at radius 1 is 0.382 bits per heavy atom. The highest BCUT2D eigenvalue weighted by molar-refractivity contribution is 6.17. The van der Waals surface area contributed by atoms with Gasteiger partial charge in [0, 0.05) is 43.6 Å². The molecule has 11 aromatic rings. The van der Waals surface area contributed by atoms with Gasteiger partial charge in [-0.3, -0.25) is 0 Å². The van der Waals surface area contributed by atoms with Crippen molar-refractivity contribution in [1.82, 2.24) is 13.7 Å². The summed E-state index contributed by atoms with van der Waals surface area (Å²) in [5.41, 5.74) is 12.4. The minimum absolute atomic E-state index is 0.564. The standard InChI is InChI=1S/C50H29N5/c51-30-32-23-28-46-41(29-32)49-47(54-44-19-7-3-14-39(44)40-15-4-8-20-45(40)54)21-10-22-48(49)55(46)50-34(31-52)11-9-16-36(50)33-24-26-35(27-25-33)53-42-17-5-1-12-37(42)38-13-2-6-18-43(38)53/h1-29H. The summed E-state index contributed by atoms with van der Waals surface area (Å²) in [5, 5.41) is 27.6. The van der Waals surface area contributed by atoms with Crippen LogP contribution in [0.4, 0.5) is 0 Å². The van der Waals surface area contributed by atoms with Crippen LogP contribution in [0, 0.1) is 22.7 Å². The van der Waals surface area contributed by atoms with Crippen LogP contribution < -0.4 is 0 Å². The number of nitrogens with zero attached hydrogens (tertiary/aromatic N) is 5. The van der Waals surface area contributed by atoms with Gasteiger partial charge in [-0.2, -0.15) is 10.5 Å². The average molecular weight is 700 g/mol. The number of hydrogen-bond acceptors (Lipinski definition) is 2. The van der Waals surface area contributed by atoms with Crippen molar-refractivity contribution in [3.8, 4) is 40.3 Å². The SMILES string of the molecule is N#Cc1ccc2c(c1)c1c(-n3c4ccccc4c4ccccc43)cccc1n2-c1c(C#N)cccc1-c1ccc(-n2c3ccccc3c3ccccc32)cc1. The number of rotatable bonds is 4. The van der Waals surface area contributed by atoms with Crippen LogP contribution in [0.3, 0.4) is 0 Å². The van der Waals surface area contributed by atoms with Crippen molar-refractivity contribution in [3.05, 3.63) is 187 Å². The third-order valence-corrected chi connectivity index (χ3v) is 11.1. The van der Waals surface area contributed by atoms with E-state index >= 15 is 0 Å². The van der Waals surface area contributed by atoms with Gasteiger partial charge in [0.2, 0.25) is 0 Å². The van der Waals surface area contributed by atoms with Gasteiger partial charge in [0.25, 0.3) is 0 Å². The van der Waals surface area contributed by atoms with Gasteiger partial charge in [-0.1, -0.05) is 103 Å². The third kappa shape index (κ3) is 4.39. The largest absolute Gasteiger partial charge is 0.309 e. The number of fused-ring (bicyclic) bond motifs is 9. The molecule has 0 saturated carbocycles. The van der Waals surface area contributed by atoms with Crippen molar-refractivity contribution in [2.45, 2.75) is 0 Å². The van der Waals surface area contributed by atoms with Crippen molar-refractivity contribution in [2.75, 3.05) is 0 Å². The van der Waals surface area contributed by atoms with Crippen molar-refractivity contribution in [3.63, 3.8) is 0 Å². The molecule has 0 radical (unpaired) electrons. The average Bonchev–Trinajstić information content (AvgIpc) is 3.89. The Hall–Kier alpha value is -7.86. The highest BCUT2D eigenvalue weighted by Crippen LogP contribution is 2.43. The van der Waals surface area contributed by atoms with Crippen LogP contribution >= 0.6 is 0 Å². The summed E-state index contributed by atoms with van der Waals surface area (Å²) in [6.45, 7) is 0. The Morgan fingerprint density at radius 2 is 0.909 bits per heavy atom. The van der Waals surface area contributed by atoms with Crippen LogP contribution in [-0.2, 0) is 0 Å². The van der Waals surface area contributed by atoms with Crippen LogP contribution in [0.1, 0.15) is 11.1 Å². The lowest BCUT2D eigenvalue weighted by atomic mass is 9.99. The molecule has 5 nitrogen and oxygen atoms in total. The van der Waals surface area contributed by atoms with Crippen molar-refractivity contribution in [2.24, 2.45) is 0 Å². The van der Waals surface area contributed by atoms with Gasteiger partial charge in [0.05, 0.1) is 61.7 Å². The normalized spacial score (nSPS) is 11.6. The summed E-state index contributed by atoms with van der Waals surface area (Å²) in [5.74, 6) is 0. The fourth-order valence-electron chi connectivity index (χ4n) is 8.83. The highest BCUT2D eigenvalue weighted by Gasteiger charge is 2.23. The lowest BCUT2D eigenvalue weighted by Crippen LogP contribution is -2.01. The van der Waals surface area contributed by atoms with Gasteiger partial charge >= 0.3 is 0 Å². The van der Waals surface area contributed by atoms with E-state index in [1.54, 1.807) is 0 Å². The van der Waals surface area contributed by atoms with Crippen LogP contribution in [0.25, 0.3) is 93.6 Å². The predicted octanol–water partition coefficient (Wildman–Crippen LogP) is 12.4. The van der Waals surface area contributed by atoms with E-state index in [-0.39, 0.29) is 0 Å². The molecule has 0 atom stereocenters. The molecule has 0 spiro atoms. The molecule has 5 heteroatoms. The summed E-state index contributed by atoms with van der Waals surface area (Å²) < 4.78 is 6.87. The minimum Gasteiger partial charge on any atom is -0.309 e. The Kier molecular flexibility index (Phi) is 6.61. The molecular formula is C50H29N5. The molecule has 0 aliphatic carbocycles. The smallest absolute Gasteiger partial charge is 0.101 e. The zero-order valence-corrected chi connectivity index (χ0v) is 29.5. The van der Waals surface area contributed by atoms with E-state index in [2.05, 4.69) is 171 Å². The minimum atomic E-state index is 0.564. The lowest BCUT2D eigenvalue weighted by molar-refractivity contribution is 1.16. The molecule has 0 aliphatic rings. The molecule has 0 unspecified atom stereocenters. The van der Waals surface area contributed by atoms with Gasteiger partial charge in [0.15, 0.2) is 0 Å². The first-order valence-corrected chi connectivity index (χ1v) is 18.3. The van der Waals surface area contributed by atoms with Gasteiger partial charge in [-0.05, 0) is 78.4 Å². The highest BCUT2D eigenvalue weighted by atomic mass is 15.0. The second-order valence-electron chi connectivity index (χ2n) is 14.0. The Bertz CT molecular complexity index is 3350. The second kappa shape index (κ2) is 11.8. The molecule has 0 bridgehead atoms. The first-order chi connectivity index (χ1) is 27.2. The number of para-hydroxylation sites is 5. The molecule has 11 rings (SSSR count). The quantitative estimate of drug-likeness (QED) is 0.184. The molecule has 3 aromatic heterocycles. The van der Waals surface area contributed by atoms with E-state index in [9.17, 15) is 10.5 Å². The molecule has 8 aromatic carbocycles. The zero-order chi connectivity index (χ0) is 36.6. The molecule has 3 heterocycles. The monoisotopic (exact) mass is 699 g/mol. The summed E-state index contributed by atoms with van der Waals surface area (Å²) >= 11 is 0. The summed E-state index contributed by atoms with van der Waals surface area (Å²) in [7, 11) is 0. The van der Waals surface area contributed by atoms with Gasteiger partial charge in [-0.15, -0.1) is 0 Å². The van der Waals surface area contributed by atoms with E-state index in [0.717, 1.165) is 72.1 Å². The van der Waals surface area contributed by atoms with E-state index in [0.29, 0.717) is 11.1 Å². The summed E-state index contributed by atoms with van der Waals surface area (Å²) in [6, 6.07) is 65.8. The summed E-state index contributed by atoms with van der Waals surface area (Å²) in [4.78, 5) is 0.